The van der Waals surface area contributed by atoms with Gasteiger partial charge in [-0.05, 0) is 61.4 Å². The lowest BCUT2D eigenvalue weighted by molar-refractivity contribution is 0.258. The quantitative estimate of drug-likeness (QED) is 0.186. The second-order valence-electron chi connectivity index (χ2n) is 7.14. The number of nitrogens with two attached hydrogens (primary N) is 2. The van der Waals surface area contributed by atoms with Crippen molar-refractivity contribution >= 4 is 35.4 Å². The standard InChI is InChI=1S/C22H28F2N8O2/c23-15-5-9-17(10-6-15)29-21(33)31-19(25)27-13-3-1-2-4-14-28-20(26)32-22(34)30-18-11-7-16(24)8-12-18/h5-12H,1-4,13-14H2,(H4,25,27,29,31,33)(H4,26,28,30,32,34). The van der Waals surface area contributed by atoms with E-state index in [1.54, 1.807) is 0 Å². The third-order valence-electron chi connectivity index (χ3n) is 4.35. The van der Waals surface area contributed by atoms with E-state index < -0.39 is 23.7 Å². The number of aliphatic imine (C=N–C) groups is 2. The molecule has 0 radical (unpaired) electrons. The van der Waals surface area contributed by atoms with Gasteiger partial charge in [0.1, 0.15) is 11.6 Å². The Kier molecular flexibility index (Phi) is 10.7. The summed E-state index contributed by atoms with van der Waals surface area (Å²) >= 11 is 0. The first-order valence-corrected chi connectivity index (χ1v) is 10.6. The van der Waals surface area contributed by atoms with Crippen LogP contribution in [0.3, 0.4) is 0 Å². The molecule has 2 rings (SSSR count). The van der Waals surface area contributed by atoms with Crippen LogP contribution < -0.4 is 32.7 Å². The number of amides is 4. The van der Waals surface area contributed by atoms with Gasteiger partial charge in [0.25, 0.3) is 0 Å². The second kappa shape index (κ2) is 14.0. The molecule has 0 aromatic heterocycles. The lowest BCUT2D eigenvalue weighted by Gasteiger charge is -2.07. The number of carbonyl (C=O) groups excluding carboxylic acids is 2. The zero-order valence-corrected chi connectivity index (χ0v) is 18.5. The molecular weight excluding hydrogens is 446 g/mol. The molecule has 0 unspecified atom stereocenters. The molecule has 2 aromatic carbocycles. The van der Waals surface area contributed by atoms with Crippen LogP contribution in [0.1, 0.15) is 25.7 Å². The molecule has 0 heterocycles. The summed E-state index contributed by atoms with van der Waals surface area (Å²) in [5.41, 5.74) is 12.2. The number of urea groups is 2. The van der Waals surface area contributed by atoms with E-state index in [0.29, 0.717) is 24.5 Å². The van der Waals surface area contributed by atoms with E-state index in [9.17, 15) is 18.4 Å². The Bertz CT molecular complexity index is 913. The van der Waals surface area contributed by atoms with Crippen molar-refractivity contribution in [1.29, 1.82) is 0 Å². The monoisotopic (exact) mass is 474 g/mol. The minimum absolute atomic E-state index is 0.0100. The first-order valence-electron chi connectivity index (χ1n) is 10.6. The normalized spacial score (nSPS) is 11.6. The highest BCUT2D eigenvalue weighted by Crippen LogP contribution is 2.09. The third-order valence-corrected chi connectivity index (χ3v) is 4.35. The Hall–Kier alpha value is -4.22. The van der Waals surface area contributed by atoms with Crippen LogP contribution in [-0.4, -0.2) is 37.1 Å². The average Bonchev–Trinajstić information content (AvgIpc) is 2.78. The smallest absolute Gasteiger partial charge is 0.348 e. The van der Waals surface area contributed by atoms with Crippen LogP contribution in [0.15, 0.2) is 58.5 Å². The topological polar surface area (TPSA) is 159 Å². The summed E-state index contributed by atoms with van der Waals surface area (Å²) in [6.07, 6.45) is 3.40. The molecule has 0 aliphatic heterocycles. The number of rotatable bonds is 9. The van der Waals surface area contributed by atoms with Crippen molar-refractivity contribution in [3.63, 3.8) is 0 Å². The summed E-state index contributed by atoms with van der Waals surface area (Å²) in [7, 11) is 0. The van der Waals surface area contributed by atoms with Gasteiger partial charge in [0.15, 0.2) is 11.9 Å². The second-order valence-corrected chi connectivity index (χ2v) is 7.14. The van der Waals surface area contributed by atoms with Crippen LogP contribution in [0.5, 0.6) is 0 Å². The maximum Gasteiger partial charge on any atom is 0.348 e. The summed E-state index contributed by atoms with van der Waals surface area (Å²) < 4.78 is 25.7. The largest absolute Gasteiger partial charge is 0.370 e. The van der Waals surface area contributed by atoms with Gasteiger partial charge in [0, 0.05) is 24.5 Å². The molecule has 0 saturated heterocycles. The summed E-state index contributed by atoms with van der Waals surface area (Å²) in [5, 5.41) is 10.7. The maximum absolute atomic E-state index is 12.9. The highest BCUT2D eigenvalue weighted by atomic mass is 19.1. The number of hydrogen-bond donors (Lipinski definition) is 6. The molecule has 182 valence electrons. The maximum atomic E-state index is 12.9. The Labute approximate surface area is 195 Å². The first kappa shape index (κ1) is 26.0. The van der Waals surface area contributed by atoms with Crippen molar-refractivity contribution in [3.05, 3.63) is 60.2 Å². The lowest BCUT2D eigenvalue weighted by Crippen LogP contribution is -2.34. The fourth-order valence-corrected chi connectivity index (χ4v) is 2.70. The number of nitrogens with one attached hydrogen (secondary N) is 4. The van der Waals surface area contributed by atoms with Crippen LogP contribution in [0.4, 0.5) is 29.7 Å². The zero-order valence-electron chi connectivity index (χ0n) is 18.5. The minimum atomic E-state index is -0.659. The number of unbranched alkanes of at least 4 members (excludes halogenated alkanes) is 3. The lowest BCUT2D eigenvalue weighted by atomic mass is 10.2. The van der Waals surface area contributed by atoms with Gasteiger partial charge in [-0.1, -0.05) is 12.8 Å². The number of anilines is 2. The molecule has 0 saturated carbocycles. The Morgan fingerprint density at radius 2 is 1.00 bits per heavy atom. The Balaban J connectivity index is 1.52. The Morgan fingerprint density at radius 1 is 0.647 bits per heavy atom. The highest BCUT2D eigenvalue weighted by molar-refractivity contribution is 5.99. The summed E-state index contributed by atoms with van der Waals surface area (Å²) in [4.78, 5) is 30.9. The number of nitrogens with zero attached hydrogens (tertiary/aromatic N) is 2. The van der Waals surface area contributed by atoms with Crippen LogP contribution in [-0.2, 0) is 0 Å². The van der Waals surface area contributed by atoms with E-state index in [2.05, 4.69) is 31.3 Å². The SMILES string of the molecule is NC(=NC(=O)Nc1ccc(F)cc1)NCCCCCCNC(N)=NC(=O)Nc1ccc(F)cc1. The Morgan fingerprint density at radius 3 is 1.35 bits per heavy atom. The van der Waals surface area contributed by atoms with E-state index in [-0.39, 0.29) is 11.9 Å². The number of guanidine groups is 2. The molecule has 12 heteroatoms. The highest BCUT2D eigenvalue weighted by Gasteiger charge is 2.03. The molecule has 0 aliphatic carbocycles. The minimum Gasteiger partial charge on any atom is -0.370 e. The van der Waals surface area contributed by atoms with Gasteiger partial charge in [-0.2, -0.15) is 9.98 Å². The van der Waals surface area contributed by atoms with E-state index in [0.717, 1.165) is 25.7 Å². The number of benzene rings is 2. The fraction of sp³-hybridized carbons (Fsp3) is 0.273. The molecule has 34 heavy (non-hydrogen) atoms. The van der Waals surface area contributed by atoms with Gasteiger partial charge in [0.05, 0.1) is 0 Å². The van der Waals surface area contributed by atoms with Crippen molar-refractivity contribution in [2.45, 2.75) is 25.7 Å². The molecule has 0 fully saturated rings. The molecule has 0 spiro atoms. The molecule has 4 amide bonds. The van der Waals surface area contributed by atoms with E-state index in [1.807, 2.05) is 0 Å². The van der Waals surface area contributed by atoms with Crippen LogP contribution in [0, 0.1) is 11.6 Å². The molecule has 0 bridgehead atoms. The molecule has 10 nitrogen and oxygen atoms in total. The number of halogens is 2. The molecule has 2 aromatic rings. The fourth-order valence-electron chi connectivity index (χ4n) is 2.70. The number of hydrogen-bond acceptors (Lipinski definition) is 2. The van der Waals surface area contributed by atoms with Crippen LogP contribution in [0.2, 0.25) is 0 Å². The molecule has 8 N–H and O–H groups in total. The predicted octanol–water partition coefficient (Wildman–Crippen LogP) is 3.10. The van der Waals surface area contributed by atoms with E-state index in [1.165, 1.54) is 48.5 Å². The van der Waals surface area contributed by atoms with Crippen LogP contribution in [0.25, 0.3) is 0 Å². The van der Waals surface area contributed by atoms with E-state index >= 15 is 0 Å². The van der Waals surface area contributed by atoms with Gasteiger partial charge in [0.2, 0.25) is 0 Å². The zero-order chi connectivity index (χ0) is 24.8. The van der Waals surface area contributed by atoms with Gasteiger partial charge in [-0.15, -0.1) is 0 Å². The van der Waals surface area contributed by atoms with Crippen molar-refractivity contribution in [3.8, 4) is 0 Å². The van der Waals surface area contributed by atoms with E-state index in [4.69, 9.17) is 11.5 Å². The third kappa shape index (κ3) is 10.9. The van der Waals surface area contributed by atoms with Gasteiger partial charge in [-0.3, -0.25) is 0 Å². The van der Waals surface area contributed by atoms with Gasteiger partial charge >= 0.3 is 12.1 Å². The van der Waals surface area contributed by atoms with Crippen molar-refractivity contribution in [2.24, 2.45) is 21.5 Å². The van der Waals surface area contributed by atoms with Crippen molar-refractivity contribution in [1.82, 2.24) is 10.6 Å². The van der Waals surface area contributed by atoms with Crippen molar-refractivity contribution < 1.29 is 18.4 Å². The van der Waals surface area contributed by atoms with Crippen molar-refractivity contribution in [2.75, 3.05) is 23.7 Å². The number of carbonyl (C=O) groups is 2. The summed E-state index contributed by atoms with van der Waals surface area (Å²) in [6, 6.07) is 9.27. The summed E-state index contributed by atoms with van der Waals surface area (Å²) in [5.74, 6) is -0.824. The predicted molar refractivity (Wildman–Crippen MR) is 129 cm³/mol. The van der Waals surface area contributed by atoms with Gasteiger partial charge < -0.3 is 32.7 Å². The molecule has 0 atom stereocenters. The average molecular weight is 475 g/mol. The van der Waals surface area contributed by atoms with Gasteiger partial charge in [-0.25, -0.2) is 18.4 Å². The summed E-state index contributed by atoms with van der Waals surface area (Å²) in [6.45, 7) is 1.08. The van der Waals surface area contributed by atoms with Crippen LogP contribution >= 0.6 is 0 Å². The first-order chi connectivity index (χ1) is 16.3. The molecule has 0 aliphatic rings. The molecular formula is C22H28F2N8O2.